The minimum Gasteiger partial charge on any atom is -0.368 e. The number of rotatable bonds is 6. The van der Waals surface area contributed by atoms with E-state index in [0.717, 1.165) is 28.9 Å². The molecule has 0 unspecified atom stereocenters. The number of carbonyl (C=O) groups excluding carboxylic acids is 2. The third kappa shape index (κ3) is 4.31. The van der Waals surface area contributed by atoms with Crippen LogP contribution in [-0.2, 0) is 9.59 Å². The van der Waals surface area contributed by atoms with E-state index in [0.29, 0.717) is 13.0 Å². The average molecular weight is 329 g/mol. The van der Waals surface area contributed by atoms with Gasteiger partial charge in [-0.15, -0.1) is 10.2 Å². The summed E-state index contributed by atoms with van der Waals surface area (Å²) in [5.74, 6) is -0.230. The van der Waals surface area contributed by atoms with Crippen molar-refractivity contribution in [3.63, 3.8) is 0 Å². The van der Waals surface area contributed by atoms with Gasteiger partial charge in [-0.25, -0.2) is 0 Å². The van der Waals surface area contributed by atoms with Crippen molar-refractivity contribution in [1.29, 1.82) is 0 Å². The predicted octanol–water partition coefficient (Wildman–Crippen LogP) is 0.928. The minimum atomic E-state index is -0.460. The number of aromatic nitrogens is 2. The van der Waals surface area contributed by atoms with Crippen LogP contribution in [0.15, 0.2) is 4.34 Å². The molecule has 7 nitrogen and oxygen atoms in total. The number of nitrogens with zero attached hydrogens (tertiary/aromatic N) is 3. The summed E-state index contributed by atoms with van der Waals surface area (Å²) >= 11 is 2.76. The zero-order valence-corrected chi connectivity index (χ0v) is 13.5. The van der Waals surface area contributed by atoms with Crippen LogP contribution in [0.4, 0.5) is 5.13 Å². The molecule has 21 heavy (non-hydrogen) atoms. The molecule has 0 radical (unpaired) electrons. The first kappa shape index (κ1) is 16.0. The minimum absolute atomic E-state index is 0.0660. The van der Waals surface area contributed by atoms with E-state index in [9.17, 15) is 9.59 Å². The maximum absolute atomic E-state index is 12.3. The zero-order valence-electron chi connectivity index (χ0n) is 11.9. The van der Waals surface area contributed by atoms with Crippen LogP contribution in [0.1, 0.15) is 26.2 Å². The Hall–Kier alpha value is -1.35. The molecule has 1 aliphatic heterocycles. The molecule has 1 fully saturated rings. The molecule has 1 saturated heterocycles. The van der Waals surface area contributed by atoms with Gasteiger partial charge in [0.15, 0.2) is 4.34 Å². The van der Waals surface area contributed by atoms with Crippen LogP contribution in [0, 0.1) is 0 Å². The summed E-state index contributed by atoms with van der Waals surface area (Å²) in [5, 5.41) is 11.8. The third-order valence-corrected chi connectivity index (χ3v) is 5.20. The van der Waals surface area contributed by atoms with Crippen LogP contribution in [0.3, 0.4) is 0 Å². The van der Waals surface area contributed by atoms with Crippen LogP contribution in [0.25, 0.3) is 0 Å². The normalized spacial score (nSPS) is 18.5. The lowest BCUT2D eigenvalue weighted by Gasteiger charge is -2.33. The number of amides is 2. The number of carbonyl (C=O) groups is 2. The predicted molar refractivity (Wildman–Crippen MR) is 83.3 cm³/mol. The van der Waals surface area contributed by atoms with Crippen molar-refractivity contribution in [1.82, 2.24) is 15.1 Å². The molecule has 116 valence electrons. The Bertz CT molecular complexity index is 508. The number of anilines is 1. The number of nitrogens with one attached hydrogen (secondary N) is 1. The van der Waals surface area contributed by atoms with Gasteiger partial charge >= 0.3 is 0 Å². The fraction of sp³-hybridized carbons (Fsp3) is 0.667. The Kier molecular flexibility index (Phi) is 5.80. The van der Waals surface area contributed by atoms with Gasteiger partial charge in [0.1, 0.15) is 6.04 Å². The van der Waals surface area contributed by atoms with E-state index in [4.69, 9.17) is 5.73 Å². The van der Waals surface area contributed by atoms with Crippen molar-refractivity contribution in [2.45, 2.75) is 36.6 Å². The smallest absolute Gasteiger partial charge is 0.240 e. The van der Waals surface area contributed by atoms with Gasteiger partial charge in [0.05, 0.1) is 5.75 Å². The van der Waals surface area contributed by atoms with Crippen molar-refractivity contribution in [3.8, 4) is 0 Å². The zero-order chi connectivity index (χ0) is 15.2. The van der Waals surface area contributed by atoms with Crippen LogP contribution in [-0.4, -0.2) is 51.8 Å². The van der Waals surface area contributed by atoms with Gasteiger partial charge in [0.25, 0.3) is 0 Å². The lowest BCUT2D eigenvalue weighted by molar-refractivity contribution is -0.138. The molecule has 0 bridgehead atoms. The summed E-state index contributed by atoms with van der Waals surface area (Å²) in [6.07, 6.45) is 2.52. The number of thioether (sulfide) groups is 1. The second-order valence-corrected chi connectivity index (χ2v) is 6.89. The highest BCUT2D eigenvalue weighted by Crippen LogP contribution is 2.26. The second-order valence-electron chi connectivity index (χ2n) is 4.69. The van der Waals surface area contributed by atoms with Crippen LogP contribution >= 0.6 is 23.1 Å². The monoisotopic (exact) mass is 329 g/mol. The van der Waals surface area contributed by atoms with Crippen LogP contribution in [0.5, 0.6) is 0 Å². The molecule has 1 aliphatic rings. The standard InChI is InChI=1S/C12H19N5O2S2/c1-2-14-11-15-16-12(21-11)20-7-9(18)17-6-4-3-5-8(17)10(13)19/h8H,2-7H2,1H3,(H2,13,19)(H,14,15)/t8-/m0/s1. The summed E-state index contributed by atoms with van der Waals surface area (Å²) in [5.41, 5.74) is 5.37. The highest BCUT2D eigenvalue weighted by molar-refractivity contribution is 8.01. The van der Waals surface area contributed by atoms with E-state index in [1.54, 1.807) is 4.90 Å². The van der Waals surface area contributed by atoms with Crippen molar-refractivity contribution in [2.24, 2.45) is 5.73 Å². The largest absolute Gasteiger partial charge is 0.368 e. The van der Waals surface area contributed by atoms with E-state index in [-0.39, 0.29) is 11.7 Å². The van der Waals surface area contributed by atoms with Gasteiger partial charge < -0.3 is 16.0 Å². The topological polar surface area (TPSA) is 101 Å². The average Bonchev–Trinajstić information content (AvgIpc) is 2.93. The van der Waals surface area contributed by atoms with Crippen molar-refractivity contribution in [2.75, 3.05) is 24.2 Å². The molecule has 0 saturated carbocycles. The molecule has 3 N–H and O–H groups in total. The molecule has 2 amide bonds. The Morgan fingerprint density at radius 2 is 2.29 bits per heavy atom. The van der Waals surface area contributed by atoms with Crippen molar-refractivity contribution in [3.05, 3.63) is 0 Å². The lowest BCUT2D eigenvalue weighted by Crippen LogP contribution is -2.51. The van der Waals surface area contributed by atoms with Gasteiger partial charge in [0, 0.05) is 13.1 Å². The number of likely N-dealkylation sites (tertiary alicyclic amines) is 1. The van der Waals surface area contributed by atoms with Gasteiger partial charge in [-0.2, -0.15) is 0 Å². The number of hydrogen-bond acceptors (Lipinski definition) is 7. The molecule has 1 atom stereocenters. The summed E-state index contributed by atoms with van der Waals surface area (Å²) in [6, 6.07) is -0.460. The van der Waals surface area contributed by atoms with Crippen LogP contribution < -0.4 is 11.1 Å². The quantitative estimate of drug-likeness (QED) is 0.753. The highest BCUT2D eigenvalue weighted by Gasteiger charge is 2.30. The molecule has 0 aliphatic carbocycles. The Morgan fingerprint density at radius 3 is 3.00 bits per heavy atom. The van der Waals surface area contributed by atoms with E-state index >= 15 is 0 Å². The first-order chi connectivity index (χ1) is 10.1. The molecule has 2 heterocycles. The van der Waals surface area contributed by atoms with E-state index in [2.05, 4.69) is 15.5 Å². The number of piperidine rings is 1. The van der Waals surface area contributed by atoms with E-state index in [1.807, 2.05) is 6.92 Å². The first-order valence-corrected chi connectivity index (χ1v) is 8.71. The molecular weight excluding hydrogens is 310 g/mol. The fourth-order valence-corrected chi connectivity index (χ4v) is 3.93. The Labute approximate surface area is 131 Å². The van der Waals surface area contributed by atoms with Gasteiger partial charge in [0.2, 0.25) is 16.9 Å². The second kappa shape index (κ2) is 7.60. The Morgan fingerprint density at radius 1 is 1.48 bits per heavy atom. The van der Waals surface area contributed by atoms with Gasteiger partial charge in [-0.3, -0.25) is 9.59 Å². The van der Waals surface area contributed by atoms with E-state index < -0.39 is 11.9 Å². The maximum Gasteiger partial charge on any atom is 0.240 e. The number of primary amides is 1. The van der Waals surface area contributed by atoms with Gasteiger partial charge in [-0.05, 0) is 26.2 Å². The lowest BCUT2D eigenvalue weighted by atomic mass is 10.0. The summed E-state index contributed by atoms with van der Waals surface area (Å²) in [7, 11) is 0. The molecular formula is C12H19N5O2S2. The SMILES string of the molecule is CCNc1nnc(SCC(=O)N2CCCC[C@H]2C(N)=O)s1. The highest BCUT2D eigenvalue weighted by atomic mass is 32.2. The first-order valence-electron chi connectivity index (χ1n) is 6.90. The fourth-order valence-electron chi connectivity index (χ4n) is 2.22. The molecule has 9 heteroatoms. The van der Waals surface area contributed by atoms with Crippen molar-refractivity contribution < 1.29 is 9.59 Å². The molecule has 1 aromatic rings. The van der Waals surface area contributed by atoms with E-state index in [1.165, 1.54) is 23.1 Å². The summed E-state index contributed by atoms with van der Waals surface area (Å²) in [6.45, 7) is 3.37. The summed E-state index contributed by atoms with van der Waals surface area (Å²) in [4.78, 5) is 25.3. The maximum atomic E-state index is 12.3. The Balaban J connectivity index is 1.89. The number of hydrogen-bond donors (Lipinski definition) is 2. The third-order valence-electron chi connectivity index (χ3n) is 3.21. The molecule has 1 aromatic heterocycles. The van der Waals surface area contributed by atoms with Crippen molar-refractivity contribution >= 4 is 40.0 Å². The molecule has 0 aromatic carbocycles. The number of nitrogens with two attached hydrogens (primary N) is 1. The molecule has 0 spiro atoms. The van der Waals surface area contributed by atoms with Gasteiger partial charge in [-0.1, -0.05) is 23.1 Å². The summed E-state index contributed by atoms with van der Waals surface area (Å²) < 4.78 is 0.743. The van der Waals surface area contributed by atoms with Crippen LogP contribution in [0.2, 0.25) is 0 Å². The molecule has 2 rings (SSSR count).